The van der Waals surface area contributed by atoms with Gasteiger partial charge in [0.15, 0.2) is 0 Å². The molecule has 0 atom stereocenters. The van der Waals surface area contributed by atoms with Gasteiger partial charge in [-0.1, -0.05) is 53.6 Å². The fourth-order valence-electron chi connectivity index (χ4n) is 3.99. The van der Waals surface area contributed by atoms with Gasteiger partial charge in [-0.25, -0.2) is 0 Å². The zero-order valence-corrected chi connectivity index (χ0v) is 20.9. The van der Waals surface area contributed by atoms with Gasteiger partial charge in [0, 0.05) is 123 Å². The van der Waals surface area contributed by atoms with E-state index >= 15 is 0 Å². The van der Waals surface area contributed by atoms with E-state index in [1.807, 2.05) is 30.5 Å². The number of benzene rings is 2. The van der Waals surface area contributed by atoms with Gasteiger partial charge in [0.1, 0.15) is 0 Å². The van der Waals surface area contributed by atoms with Crippen LogP contribution in [0, 0.1) is 13.8 Å². The van der Waals surface area contributed by atoms with Crippen LogP contribution in [0.3, 0.4) is 0 Å². The lowest BCUT2D eigenvalue weighted by molar-refractivity contribution is 1.28. The van der Waals surface area contributed by atoms with Crippen LogP contribution < -0.4 is 0 Å². The topological polar surface area (TPSA) is 12.9 Å². The van der Waals surface area contributed by atoms with Crippen molar-refractivity contribution in [2.75, 3.05) is 0 Å². The molecule has 0 aliphatic rings. The SMILES string of the molecule is Cc1cccc(-c2cnc(-c3ccc(Cl)cc3)cc2C)c1.[B]B([B])B(B([B])[B])B(B([B])[B])B([B])[B]. The van der Waals surface area contributed by atoms with Gasteiger partial charge in [-0.15, -0.1) is 0 Å². The zero-order chi connectivity index (χ0) is 26.3. The standard InChI is InChI=1S/C19H16ClN.B14/c1-13-4-3-5-16(10-13)18-12-21-19(11-14(18)2)15-6-8-17(20)9-7-15;1-9(2)13(10(3)4)14(11(5)6)12(7)8/h3-12H,1-2H3;. The van der Waals surface area contributed by atoms with Crippen LogP contribution in [0.5, 0.6) is 0 Å². The maximum Gasteiger partial charge on any atom is 0.0705 e. The summed E-state index contributed by atoms with van der Waals surface area (Å²) >= 11 is 5.93. The van der Waals surface area contributed by atoms with Crippen molar-refractivity contribution in [3.8, 4) is 22.4 Å². The molecule has 2 aromatic carbocycles. The number of aryl methyl sites for hydroxylation is 2. The van der Waals surface area contributed by atoms with Gasteiger partial charge in [0.2, 0.25) is 0 Å². The number of hydrogen-bond acceptors (Lipinski definition) is 1. The largest absolute Gasteiger partial charge is 0.256 e. The third-order valence-electron chi connectivity index (χ3n) is 5.80. The Labute approximate surface area is 229 Å². The van der Waals surface area contributed by atoms with E-state index in [-0.39, 0.29) is 0 Å². The number of nitrogens with zero attached hydrogens (tertiary/aromatic N) is 1. The summed E-state index contributed by atoms with van der Waals surface area (Å²) in [4.78, 5) is 4.60. The van der Waals surface area contributed by atoms with Crippen molar-refractivity contribution in [2.24, 2.45) is 0 Å². The number of pyridine rings is 1. The fourth-order valence-corrected chi connectivity index (χ4v) is 4.11. The third-order valence-corrected chi connectivity index (χ3v) is 6.05. The first kappa shape index (κ1) is 30.0. The van der Waals surface area contributed by atoms with E-state index in [4.69, 9.17) is 73.5 Å². The zero-order valence-electron chi connectivity index (χ0n) is 20.2. The average molecular weight is 445 g/mol. The quantitative estimate of drug-likeness (QED) is 0.479. The van der Waals surface area contributed by atoms with Crippen molar-refractivity contribution in [1.29, 1.82) is 0 Å². The lowest BCUT2D eigenvalue weighted by atomic mass is 8.47. The van der Waals surface area contributed by atoms with Crippen LogP contribution in [0.2, 0.25) is 5.02 Å². The van der Waals surface area contributed by atoms with Crippen molar-refractivity contribution in [3.63, 3.8) is 0 Å². The Morgan fingerprint density at radius 3 is 1.60 bits per heavy atom. The average Bonchev–Trinajstić information content (AvgIpc) is 2.77. The molecule has 146 valence electrons. The second kappa shape index (κ2) is 13.9. The summed E-state index contributed by atoms with van der Waals surface area (Å²) in [6.07, 6.45) is -2.12. The summed E-state index contributed by atoms with van der Waals surface area (Å²) in [7, 11) is 44.1. The van der Waals surface area contributed by atoms with Gasteiger partial charge in [-0.3, -0.25) is 4.98 Å². The van der Waals surface area contributed by atoms with Crippen molar-refractivity contribution in [1.82, 2.24) is 4.98 Å². The predicted octanol–water partition coefficient (Wildman–Crippen LogP) is 0.355. The minimum Gasteiger partial charge on any atom is -0.256 e. The molecule has 3 aromatic rings. The molecule has 35 heavy (non-hydrogen) atoms. The molecule has 0 saturated carbocycles. The van der Waals surface area contributed by atoms with Crippen molar-refractivity contribution in [2.45, 2.75) is 13.8 Å². The van der Waals surface area contributed by atoms with Gasteiger partial charge in [-0.05, 0) is 43.2 Å². The van der Waals surface area contributed by atoms with Crippen LogP contribution in [0.15, 0.2) is 60.8 Å². The van der Waals surface area contributed by atoms with Gasteiger partial charge >= 0.3 is 0 Å². The number of aromatic nitrogens is 1. The Kier molecular flexibility index (Phi) is 11.9. The Morgan fingerprint density at radius 1 is 0.657 bits per heavy atom. The monoisotopic (exact) mass is 447 g/mol. The summed E-state index contributed by atoms with van der Waals surface area (Å²) < 4.78 is 0. The maximum atomic E-state index is 5.93. The molecule has 0 fully saturated rings. The lowest BCUT2D eigenvalue weighted by Gasteiger charge is -2.34. The van der Waals surface area contributed by atoms with E-state index in [0.29, 0.717) is 0 Å². The molecule has 0 saturated heterocycles. The van der Waals surface area contributed by atoms with E-state index in [1.165, 1.54) is 22.3 Å². The van der Waals surface area contributed by atoms with E-state index in [2.05, 4.69) is 49.2 Å². The lowest BCUT2D eigenvalue weighted by Crippen LogP contribution is -2.72. The van der Waals surface area contributed by atoms with Gasteiger partial charge in [0.05, 0.1) is 5.69 Å². The Balaban J connectivity index is 0.000000271. The Morgan fingerprint density at radius 2 is 1.17 bits per heavy atom. The molecule has 1 heterocycles. The molecule has 0 N–H and O–H groups in total. The van der Waals surface area contributed by atoms with Crippen LogP contribution in [-0.2, 0) is 0 Å². The van der Waals surface area contributed by atoms with Gasteiger partial charge in [0.25, 0.3) is 0 Å². The number of rotatable bonds is 7. The molecule has 0 aliphatic heterocycles. The van der Waals surface area contributed by atoms with E-state index in [0.717, 1.165) is 16.3 Å². The molecule has 1 nitrogen and oxygen atoms in total. The van der Waals surface area contributed by atoms with Crippen molar-refractivity contribution < 1.29 is 0 Å². The highest BCUT2D eigenvalue weighted by molar-refractivity contribution is 8.10. The molecule has 0 aliphatic carbocycles. The second-order valence-corrected chi connectivity index (χ2v) is 9.16. The number of halogens is 1. The Hall–Kier alpha value is -1.21. The Bertz CT molecular complexity index is 1050. The molecular weight excluding hydrogens is 429 g/mol. The molecule has 0 bridgehead atoms. The molecule has 0 amide bonds. The molecule has 1 aromatic heterocycles. The van der Waals surface area contributed by atoms with Crippen LogP contribution in [-0.4, -0.2) is 105 Å². The second-order valence-electron chi connectivity index (χ2n) is 8.72. The minimum atomic E-state index is -0.760. The molecule has 3 rings (SSSR count). The fraction of sp³-hybridized carbons (Fsp3) is 0.105. The minimum absolute atomic E-state index is 0.519. The summed E-state index contributed by atoms with van der Waals surface area (Å²) in [6.45, 7) is 4.23. The normalized spacial score (nSPS) is 9.91. The van der Waals surface area contributed by atoms with Gasteiger partial charge < -0.3 is 0 Å². The van der Waals surface area contributed by atoms with Crippen LogP contribution in [0.1, 0.15) is 11.1 Å². The number of hydrogen-bond donors (Lipinski definition) is 0. The summed E-state index contributed by atoms with van der Waals surface area (Å²) in [5.74, 6) is 0. The molecule has 0 unspecified atom stereocenters. The molecule has 0 spiro atoms. The van der Waals surface area contributed by atoms with Crippen LogP contribution in [0.25, 0.3) is 22.4 Å². The predicted molar refractivity (Wildman–Crippen MR) is 170 cm³/mol. The first-order chi connectivity index (χ1) is 16.4. The first-order valence-corrected chi connectivity index (χ1v) is 11.6. The highest BCUT2D eigenvalue weighted by atomic mass is 35.5. The maximum absolute atomic E-state index is 5.93. The highest BCUT2D eigenvalue weighted by Gasteiger charge is 2.35. The van der Waals surface area contributed by atoms with E-state index in [9.17, 15) is 0 Å². The van der Waals surface area contributed by atoms with Crippen molar-refractivity contribution in [3.05, 3.63) is 76.9 Å². The molecule has 16 radical (unpaired) electrons. The van der Waals surface area contributed by atoms with E-state index < -0.39 is 38.3 Å². The van der Waals surface area contributed by atoms with Gasteiger partial charge in [-0.2, -0.15) is 0 Å². The molecular formula is C19H16B14ClN. The molecule has 16 heteroatoms. The highest BCUT2D eigenvalue weighted by Crippen LogP contribution is 2.27. The smallest absolute Gasteiger partial charge is 0.0705 e. The first-order valence-electron chi connectivity index (χ1n) is 11.3. The van der Waals surface area contributed by atoms with Crippen LogP contribution >= 0.6 is 11.6 Å². The summed E-state index contributed by atoms with van der Waals surface area (Å²) in [6, 6.07) is 18.4. The van der Waals surface area contributed by atoms with E-state index in [1.54, 1.807) is 0 Å². The van der Waals surface area contributed by atoms with Crippen LogP contribution in [0.4, 0.5) is 0 Å². The summed E-state index contributed by atoms with van der Waals surface area (Å²) in [5, 5.41) is 0.742. The third kappa shape index (κ3) is 8.70. The van der Waals surface area contributed by atoms with Crippen molar-refractivity contribution >= 4 is 112 Å². The summed E-state index contributed by atoms with van der Waals surface area (Å²) in [5.41, 5.74) is 6.92.